The van der Waals surface area contributed by atoms with Gasteiger partial charge >= 0.3 is 23.1 Å². The number of hydrogen-bond acceptors (Lipinski definition) is 0. The van der Waals surface area contributed by atoms with Gasteiger partial charge in [-0.3, -0.25) is 0 Å². The van der Waals surface area contributed by atoms with Crippen LogP contribution >= 0.6 is 0 Å². The fourth-order valence-corrected chi connectivity index (χ4v) is 0. The Morgan fingerprint density at radius 1 is 1.50 bits per heavy atom. The van der Waals surface area contributed by atoms with Crippen LogP contribution in [0.3, 0.4) is 0 Å². The summed E-state index contributed by atoms with van der Waals surface area (Å²) in [5.41, 5.74) is 0. The van der Waals surface area contributed by atoms with Crippen molar-refractivity contribution in [2.75, 3.05) is 0 Å². The third-order valence-corrected chi connectivity index (χ3v) is 0. The van der Waals surface area contributed by atoms with Gasteiger partial charge in [0.25, 0.3) is 0 Å². The average Bonchev–Trinajstić information content (AvgIpc) is 1.00. The molecule has 0 atom stereocenters. The smallest absolute Gasteiger partial charge is 1.00 e. The van der Waals surface area contributed by atoms with Crippen LogP contribution in [0.2, 0.25) is 0 Å². The summed E-state index contributed by atoms with van der Waals surface area (Å²) in [6, 6.07) is 0. The SMILES string of the molecule is [B][SiH3].[H-].[H-].[Mg+2].[Zn]. The standard InChI is InChI=1S/BH3Si.Mg.Zn.2H/c1-2;;;;/h2H3;;;;/q;+2;;2*-1. The van der Waals surface area contributed by atoms with Gasteiger partial charge in [0.1, 0.15) is 0 Å². The zero-order valence-corrected chi connectivity index (χ0v) is 9.37. The second-order valence-corrected chi connectivity index (χ2v) is 0. The number of hydrogen-bond donors (Lipinski definition) is 0. The van der Waals surface area contributed by atoms with Crippen molar-refractivity contribution in [2.45, 2.75) is 0 Å². The average molecular weight is 134 g/mol. The van der Waals surface area contributed by atoms with Gasteiger partial charge in [0.05, 0.1) is 0 Å². The van der Waals surface area contributed by atoms with Gasteiger partial charge in [-0.05, 0) is 10.1 Å². The molecular formula is H5BMgSiZn. The van der Waals surface area contributed by atoms with E-state index in [1.807, 2.05) is 0 Å². The molecule has 0 spiro atoms. The predicted molar refractivity (Wildman–Crippen MR) is 23.7 cm³/mol. The Balaban J connectivity index is -0.000000000833. The molecule has 0 aliphatic carbocycles. The van der Waals surface area contributed by atoms with Gasteiger partial charge in [0.15, 0.2) is 0 Å². The van der Waals surface area contributed by atoms with Crippen molar-refractivity contribution < 1.29 is 22.3 Å². The Labute approximate surface area is 62.8 Å². The summed E-state index contributed by atoms with van der Waals surface area (Å²) in [6.45, 7) is 0. The number of rotatable bonds is 0. The topological polar surface area (TPSA) is 0 Å². The zero-order chi connectivity index (χ0) is 2.00. The first-order valence-electron chi connectivity index (χ1n) is 0.577. The minimum absolute atomic E-state index is 0. The van der Waals surface area contributed by atoms with E-state index in [1.54, 1.807) is 0 Å². The predicted octanol–water partition coefficient (Wildman–Crippen LogP) is -1.72. The molecule has 2 radical (unpaired) electrons. The summed E-state index contributed by atoms with van der Waals surface area (Å²) in [5, 5.41) is 0. The molecule has 0 aromatic heterocycles. The van der Waals surface area contributed by atoms with Crippen LogP contribution in [-0.2, 0) is 19.5 Å². The van der Waals surface area contributed by atoms with Gasteiger partial charge in [-0.2, -0.15) is 0 Å². The molecule has 4 heavy (non-hydrogen) atoms. The summed E-state index contributed by atoms with van der Waals surface area (Å²) in [7, 11) is 5.44. The summed E-state index contributed by atoms with van der Waals surface area (Å²) in [5.74, 6) is 0. The molecule has 0 saturated heterocycles. The van der Waals surface area contributed by atoms with Crippen LogP contribution in [0, 0.1) is 0 Å². The van der Waals surface area contributed by atoms with Gasteiger partial charge in [-0.25, -0.2) is 0 Å². The molecule has 0 unspecified atom stereocenters. The minimum Gasteiger partial charge on any atom is -1.00 e. The monoisotopic (exact) mass is 132 g/mol. The van der Waals surface area contributed by atoms with Gasteiger partial charge in [-0.15, -0.1) is 0 Å². The van der Waals surface area contributed by atoms with Gasteiger partial charge in [0.2, 0.25) is 0 Å². The molecular weight excluding hydrogens is 129 g/mol. The van der Waals surface area contributed by atoms with Crippen molar-refractivity contribution in [3.05, 3.63) is 0 Å². The summed E-state index contributed by atoms with van der Waals surface area (Å²) in [4.78, 5) is 0. The molecule has 0 rings (SSSR count). The molecule has 0 aromatic rings. The van der Waals surface area contributed by atoms with Gasteiger partial charge in [0, 0.05) is 26.9 Å². The van der Waals surface area contributed by atoms with Gasteiger partial charge in [-0.1, -0.05) is 0 Å². The molecule has 0 aliphatic rings. The largest absolute Gasteiger partial charge is 2.00 e. The Kier molecular flexibility index (Phi) is 97.7. The van der Waals surface area contributed by atoms with E-state index >= 15 is 0 Å². The van der Waals surface area contributed by atoms with E-state index < -0.39 is 0 Å². The van der Waals surface area contributed by atoms with Crippen LogP contribution < -0.4 is 0 Å². The molecule has 0 aromatic carbocycles. The molecule has 0 N–H and O–H groups in total. The Hall–Kier alpha value is 1.67. The van der Waals surface area contributed by atoms with Crippen molar-refractivity contribution in [3.63, 3.8) is 0 Å². The van der Waals surface area contributed by atoms with Gasteiger partial charge < -0.3 is 2.85 Å². The molecule has 4 heteroatoms. The van der Waals surface area contributed by atoms with E-state index in [9.17, 15) is 0 Å². The Bertz CT molecular complexity index is 13.5. The van der Waals surface area contributed by atoms with E-state index in [0.29, 0.717) is 0 Å². The van der Waals surface area contributed by atoms with E-state index in [0.717, 1.165) is 10.1 Å². The molecule has 0 fully saturated rings. The normalized spacial score (nSPS) is 2.00. The van der Waals surface area contributed by atoms with Crippen molar-refractivity contribution in [1.29, 1.82) is 0 Å². The van der Waals surface area contributed by atoms with Crippen molar-refractivity contribution in [2.24, 2.45) is 0 Å². The third kappa shape index (κ3) is 9.38. The third-order valence-electron chi connectivity index (χ3n) is 0. The summed E-state index contributed by atoms with van der Waals surface area (Å²) in [6.07, 6.45) is 0. The molecule has 0 saturated carbocycles. The molecule has 0 aliphatic heterocycles. The van der Waals surface area contributed by atoms with Crippen molar-refractivity contribution in [1.82, 2.24) is 0 Å². The molecule has 0 nitrogen and oxygen atoms in total. The minimum atomic E-state index is 0. The fraction of sp³-hybridized carbons (Fsp3) is 0. The maximum Gasteiger partial charge on any atom is 2.00 e. The van der Waals surface area contributed by atoms with Crippen LogP contribution in [0.4, 0.5) is 0 Å². The zero-order valence-electron chi connectivity index (χ0n) is 4.99. The molecule has 0 amide bonds. The first-order valence-corrected chi connectivity index (χ1v) is 1.73. The molecule has 0 bridgehead atoms. The summed E-state index contributed by atoms with van der Waals surface area (Å²) >= 11 is 0. The van der Waals surface area contributed by atoms with E-state index in [2.05, 4.69) is 7.44 Å². The summed E-state index contributed by atoms with van der Waals surface area (Å²) < 4.78 is 0. The Morgan fingerprint density at radius 2 is 1.50 bits per heavy atom. The first kappa shape index (κ1) is 17.3. The van der Waals surface area contributed by atoms with Crippen molar-refractivity contribution in [3.8, 4) is 0 Å². The van der Waals surface area contributed by atoms with E-state index in [4.69, 9.17) is 0 Å². The van der Waals surface area contributed by atoms with Crippen molar-refractivity contribution >= 4 is 40.6 Å². The Morgan fingerprint density at radius 3 is 1.50 bits per heavy atom. The second kappa shape index (κ2) is 22.5. The maximum absolute atomic E-state index is 4.64. The fourth-order valence-electron chi connectivity index (χ4n) is 0. The van der Waals surface area contributed by atoms with Crippen LogP contribution in [0.15, 0.2) is 0 Å². The first-order chi connectivity index (χ1) is 1.00. The van der Waals surface area contributed by atoms with Crippen LogP contribution in [-0.4, -0.2) is 40.6 Å². The van der Waals surface area contributed by atoms with E-state index in [1.165, 1.54) is 0 Å². The van der Waals surface area contributed by atoms with Crippen LogP contribution in [0.5, 0.6) is 0 Å². The quantitative estimate of drug-likeness (QED) is 0.345. The van der Waals surface area contributed by atoms with E-state index in [-0.39, 0.29) is 45.4 Å². The molecule has 16 valence electrons. The van der Waals surface area contributed by atoms with Crippen LogP contribution in [0.1, 0.15) is 2.85 Å². The van der Waals surface area contributed by atoms with Crippen LogP contribution in [0.25, 0.3) is 0 Å². The molecule has 0 heterocycles. The maximum atomic E-state index is 4.64. The second-order valence-electron chi connectivity index (χ2n) is 0.